The minimum atomic E-state index is 0.458. The van der Waals surface area contributed by atoms with Gasteiger partial charge in [0.25, 0.3) is 0 Å². The van der Waals surface area contributed by atoms with E-state index in [0.717, 1.165) is 11.4 Å². The lowest BCUT2D eigenvalue weighted by molar-refractivity contribution is 0.743. The number of hydrogen-bond donors (Lipinski definition) is 1. The Hall–Kier alpha value is -1.38. The van der Waals surface area contributed by atoms with E-state index in [9.17, 15) is 0 Å². The molecule has 0 aromatic carbocycles. The molecule has 0 radical (unpaired) electrons. The molecule has 1 aliphatic heterocycles. The quantitative estimate of drug-likeness (QED) is 0.644. The van der Waals surface area contributed by atoms with Crippen molar-refractivity contribution in [1.82, 2.24) is 5.32 Å². The van der Waals surface area contributed by atoms with E-state index < -0.39 is 0 Å². The van der Waals surface area contributed by atoms with Crippen LogP contribution in [0.5, 0.6) is 0 Å². The molecule has 0 fully saturated rings. The molecule has 0 aromatic heterocycles. The van der Waals surface area contributed by atoms with Gasteiger partial charge in [-0.1, -0.05) is 13.8 Å². The number of rotatable bonds is 2. The van der Waals surface area contributed by atoms with E-state index in [1.165, 1.54) is 0 Å². The van der Waals surface area contributed by atoms with Crippen molar-refractivity contribution >= 4 is 12.4 Å². The highest BCUT2D eigenvalue weighted by atomic mass is 15.0. The van der Waals surface area contributed by atoms with Crippen molar-refractivity contribution in [2.45, 2.75) is 20.8 Å². The Morgan fingerprint density at radius 3 is 2.77 bits per heavy atom. The Bertz CT molecular complexity index is 283. The van der Waals surface area contributed by atoms with Gasteiger partial charge in [0.05, 0.1) is 23.8 Å². The van der Waals surface area contributed by atoms with Crippen LogP contribution in [0.2, 0.25) is 0 Å². The molecular formula is C10H15N3. The third-order valence-corrected chi connectivity index (χ3v) is 1.69. The summed E-state index contributed by atoms with van der Waals surface area (Å²) in [7, 11) is 0. The van der Waals surface area contributed by atoms with Gasteiger partial charge in [0, 0.05) is 12.4 Å². The fourth-order valence-corrected chi connectivity index (χ4v) is 0.917. The number of hydrogen-bond acceptors (Lipinski definition) is 3. The number of nitrogens with one attached hydrogen (secondary N) is 1. The topological polar surface area (TPSA) is 36.8 Å². The van der Waals surface area contributed by atoms with Crippen molar-refractivity contribution in [2.24, 2.45) is 15.9 Å². The van der Waals surface area contributed by atoms with Gasteiger partial charge in [-0.2, -0.15) is 0 Å². The molecule has 1 N–H and O–H groups in total. The van der Waals surface area contributed by atoms with Gasteiger partial charge in [0.15, 0.2) is 0 Å². The fraction of sp³-hybridized carbons (Fsp3) is 0.400. The van der Waals surface area contributed by atoms with Crippen LogP contribution in [0.25, 0.3) is 0 Å². The smallest absolute Gasteiger partial charge is 0.0752 e. The summed E-state index contributed by atoms with van der Waals surface area (Å²) in [5.74, 6) is 0.458. The lowest BCUT2D eigenvalue weighted by atomic mass is 10.1. The Morgan fingerprint density at radius 2 is 2.31 bits per heavy atom. The molecule has 0 bridgehead atoms. The SMILES string of the molecule is C/C=N\C=C1\C=NC(C(C)C)=CN1. The molecule has 13 heavy (non-hydrogen) atoms. The van der Waals surface area contributed by atoms with Crippen LogP contribution in [0.3, 0.4) is 0 Å². The molecule has 0 saturated carbocycles. The summed E-state index contributed by atoms with van der Waals surface area (Å²) >= 11 is 0. The molecule has 0 saturated heterocycles. The largest absolute Gasteiger partial charge is 0.357 e. The van der Waals surface area contributed by atoms with Crippen molar-refractivity contribution in [2.75, 3.05) is 0 Å². The van der Waals surface area contributed by atoms with Gasteiger partial charge >= 0.3 is 0 Å². The molecule has 0 unspecified atom stereocenters. The van der Waals surface area contributed by atoms with Crippen LogP contribution in [0.15, 0.2) is 33.8 Å². The molecule has 3 nitrogen and oxygen atoms in total. The molecule has 0 atom stereocenters. The van der Waals surface area contributed by atoms with Crippen molar-refractivity contribution in [3.05, 3.63) is 23.8 Å². The summed E-state index contributed by atoms with van der Waals surface area (Å²) in [6.07, 6.45) is 7.20. The fourth-order valence-electron chi connectivity index (χ4n) is 0.917. The van der Waals surface area contributed by atoms with Gasteiger partial charge in [-0.25, -0.2) is 0 Å². The minimum absolute atomic E-state index is 0.458. The molecule has 1 rings (SSSR count). The highest BCUT2D eigenvalue weighted by Crippen LogP contribution is 2.12. The summed E-state index contributed by atoms with van der Waals surface area (Å²) in [5.41, 5.74) is 1.99. The zero-order chi connectivity index (χ0) is 9.68. The van der Waals surface area contributed by atoms with Crippen LogP contribution in [0.4, 0.5) is 0 Å². The maximum absolute atomic E-state index is 4.29. The van der Waals surface area contributed by atoms with Crippen molar-refractivity contribution in [1.29, 1.82) is 0 Å². The van der Waals surface area contributed by atoms with E-state index in [4.69, 9.17) is 0 Å². The number of nitrogens with zero attached hydrogens (tertiary/aromatic N) is 2. The van der Waals surface area contributed by atoms with Gasteiger partial charge in [0.1, 0.15) is 0 Å². The van der Waals surface area contributed by atoms with Crippen LogP contribution in [-0.2, 0) is 0 Å². The van der Waals surface area contributed by atoms with Crippen LogP contribution in [0, 0.1) is 5.92 Å². The zero-order valence-corrected chi connectivity index (χ0v) is 8.28. The molecule has 0 aromatic rings. The van der Waals surface area contributed by atoms with Crippen molar-refractivity contribution in [3.8, 4) is 0 Å². The van der Waals surface area contributed by atoms with Gasteiger partial charge in [-0.3, -0.25) is 9.98 Å². The second-order valence-electron chi connectivity index (χ2n) is 3.12. The van der Waals surface area contributed by atoms with Gasteiger partial charge in [0.2, 0.25) is 0 Å². The first-order valence-electron chi connectivity index (χ1n) is 4.42. The van der Waals surface area contributed by atoms with E-state index in [2.05, 4.69) is 29.1 Å². The molecular weight excluding hydrogens is 162 g/mol. The minimum Gasteiger partial charge on any atom is -0.357 e. The Morgan fingerprint density at radius 1 is 1.54 bits per heavy atom. The van der Waals surface area contributed by atoms with Crippen molar-refractivity contribution in [3.63, 3.8) is 0 Å². The van der Waals surface area contributed by atoms with E-state index in [1.807, 2.05) is 13.1 Å². The summed E-state index contributed by atoms with van der Waals surface area (Å²) in [4.78, 5) is 8.29. The predicted molar refractivity (Wildman–Crippen MR) is 56.8 cm³/mol. The first-order chi connectivity index (χ1) is 6.24. The van der Waals surface area contributed by atoms with Gasteiger partial charge < -0.3 is 5.32 Å². The van der Waals surface area contributed by atoms with E-state index in [0.29, 0.717) is 5.92 Å². The van der Waals surface area contributed by atoms with Crippen LogP contribution in [-0.4, -0.2) is 12.4 Å². The average molecular weight is 177 g/mol. The normalized spacial score (nSPS) is 19.7. The lowest BCUT2D eigenvalue weighted by Gasteiger charge is -2.12. The van der Waals surface area contributed by atoms with Crippen LogP contribution < -0.4 is 5.32 Å². The monoisotopic (exact) mass is 177 g/mol. The molecule has 0 amide bonds. The Labute approximate surface area is 79.0 Å². The van der Waals surface area contributed by atoms with Crippen LogP contribution in [0.1, 0.15) is 20.8 Å². The molecule has 0 aliphatic carbocycles. The summed E-state index contributed by atoms with van der Waals surface area (Å²) in [5, 5.41) is 3.12. The van der Waals surface area contributed by atoms with Crippen LogP contribution >= 0.6 is 0 Å². The third kappa shape index (κ3) is 2.86. The molecule has 70 valence electrons. The van der Waals surface area contributed by atoms with Crippen molar-refractivity contribution < 1.29 is 0 Å². The lowest BCUT2D eigenvalue weighted by Crippen LogP contribution is -2.13. The highest BCUT2D eigenvalue weighted by molar-refractivity contribution is 5.80. The third-order valence-electron chi connectivity index (χ3n) is 1.69. The van der Waals surface area contributed by atoms with E-state index in [-0.39, 0.29) is 0 Å². The maximum Gasteiger partial charge on any atom is 0.0752 e. The molecule has 1 aliphatic rings. The van der Waals surface area contributed by atoms with E-state index in [1.54, 1.807) is 18.6 Å². The average Bonchev–Trinajstić information content (AvgIpc) is 2.15. The standard InChI is InChI=1S/C10H15N3/c1-4-11-5-9-6-13-10(7-12-9)8(2)3/h4-8,12H,1-3H3/b9-5-,11-4-. The first kappa shape index (κ1) is 9.71. The van der Waals surface area contributed by atoms with E-state index >= 15 is 0 Å². The predicted octanol–water partition coefficient (Wildman–Crippen LogP) is 2.09. The highest BCUT2D eigenvalue weighted by Gasteiger charge is 2.04. The molecule has 1 heterocycles. The maximum atomic E-state index is 4.29. The first-order valence-corrected chi connectivity index (χ1v) is 4.42. The van der Waals surface area contributed by atoms with Gasteiger partial charge in [-0.15, -0.1) is 0 Å². The summed E-state index contributed by atoms with van der Waals surface area (Å²) < 4.78 is 0. The van der Waals surface area contributed by atoms with Gasteiger partial charge in [-0.05, 0) is 12.8 Å². The number of allylic oxidation sites excluding steroid dienone is 2. The summed E-state index contributed by atoms with van der Waals surface area (Å²) in [6, 6.07) is 0. The zero-order valence-electron chi connectivity index (χ0n) is 8.28. The number of aliphatic imine (C=N–C) groups is 2. The Kier molecular flexibility index (Phi) is 3.43. The summed E-state index contributed by atoms with van der Waals surface area (Å²) in [6.45, 7) is 6.11. The molecule has 0 spiro atoms. The second kappa shape index (κ2) is 4.60. The molecule has 3 heteroatoms. The Balaban J connectivity index is 2.63. The second-order valence-corrected chi connectivity index (χ2v) is 3.12.